The van der Waals surface area contributed by atoms with Crippen molar-refractivity contribution in [3.05, 3.63) is 96.2 Å². The molecule has 4 nitrogen and oxygen atoms in total. The smallest absolute Gasteiger partial charge is 0.392 e. The number of halogens is 3. The molecule has 7 heteroatoms. The van der Waals surface area contributed by atoms with E-state index in [0.29, 0.717) is 29.9 Å². The number of alkyl halides is 3. The largest absolute Gasteiger partial charge is 0.416 e. The van der Waals surface area contributed by atoms with E-state index in [1.807, 2.05) is 24.3 Å². The molecule has 0 aliphatic rings. The van der Waals surface area contributed by atoms with Crippen molar-refractivity contribution in [2.24, 2.45) is 0 Å². The summed E-state index contributed by atoms with van der Waals surface area (Å²) >= 11 is 0. The number of amides is 1. The van der Waals surface area contributed by atoms with Crippen LogP contribution in [0.3, 0.4) is 0 Å². The first-order chi connectivity index (χ1) is 14.8. The summed E-state index contributed by atoms with van der Waals surface area (Å²) in [5, 5.41) is 9.49. The summed E-state index contributed by atoms with van der Waals surface area (Å²) in [6, 6.07) is 15.5. The van der Waals surface area contributed by atoms with E-state index in [9.17, 15) is 23.1 Å². The number of aliphatic hydroxyl groups excluding tert-OH is 1. The molecular formula is C24H21F3N2O2. The van der Waals surface area contributed by atoms with Crippen LogP contribution in [0.15, 0.2) is 79.5 Å². The second-order valence-corrected chi connectivity index (χ2v) is 6.85. The van der Waals surface area contributed by atoms with E-state index in [-0.39, 0.29) is 12.5 Å². The molecule has 31 heavy (non-hydrogen) atoms. The van der Waals surface area contributed by atoms with Crippen LogP contribution in [0, 0.1) is 0 Å². The molecule has 3 aromatic rings. The summed E-state index contributed by atoms with van der Waals surface area (Å²) in [6.07, 6.45) is -1.15. The summed E-state index contributed by atoms with van der Waals surface area (Å²) in [6.45, 7) is 3.81. The second kappa shape index (κ2) is 9.57. The number of nitrogens with zero attached hydrogens (tertiary/aromatic N) is 2. The third-order valence-corrected chi connectivity index (χ3v) is 4.90. The van der Waals surface area contributed by atoms with Crippen LogP contribution in [0.2, 0.25) is 0 Å². The molecule has 1 amide bonds. The van der Waals surface area contributed by atoms with E-state index in [0.717, 1.165) is 23.3 Å². The quantitative estimate of drug-likeness (QED) is 0.540. The van der Waals surface area contributed by atoms with Crippen molar-refractivity contribution in [1.29, 1.82) is 0 Å². The van der Waals surface area contributed by atoms with Gasteiger partial charge in [-0.15, -0.1) is 0 Å². The van der Waals surface area contributed by atoms with Crippen LogP contribution in [0.4, 0.5) is 18.9 Å². The van der Waals surface area contributed by atoms with Crippen LogP contribution in [0.1, 0.15) is 16.7 Å². The van der Waals surface area contributed by atoms with E-state index in [4.69, 9.17) is 0 Å². The highest BCUT2D eigenvalue weighted by Crippen LogP contribution is 2.31. The first kappa shape index (κ1) is 22.2. The van der Waals surface area contributed by atoms with Gasteiger partial charge < -0.3 is 10.0 Å². The normalized spacial score (nSPS) is 11.2. The summed E-state index contributed by atoms with van der Waals surface area (Å²) in [5.41, 5.74) is 2.58. The minimum atomic E-state index is -4.39. The molecule has 2 aromatic carbocycles. The molecule has 0 spiro atoms. The van der Waals surface area contributed by atoms with E-state index < -0.39 is 11.7 Å². The monoisotopic (exact) mass is 426 g/mol. The number of rotatable bonds is 7. The maximum atomic E-state index is 12.7. The van der Waals surface area contributed by atoms with Gasteiger partial charge in [0.15, 0.2) is 0 Å². The Balaban J connectivity index is 1.79. The average molecular weight is 426 g/mol. The third kappa shape index (κ3) is 5.38. The molecule has 0 fully saturated rings. The van der Waals surface area contributed by atoms with Gasteiger partial charge in [0, 0.05) is 12.1 Å². The minimum absolute atomic E-state index is 0.0883. The molecule has 0 bridgehead atoms. The third-order valence-electron chi connectivity index (χ3n) is 4.90. The number of anilines is 1. The Labute approximate surface area is 178 Å². The fourth-order valence-electron chi connectivity index (χ4n) is 3.21. The van der Waals surface area contributed by atoms with E-state index in [2.05, 4.69) is 11.6 Å². The molecule has 0 aliphatic carbocycles. The van der Waals surface area contributed by atoms with Gasteiger partial charge in [-0.3, -0.25) is 9.78 Å². The molecular weight excluding hydrogens is 405 g/mol. The predicted octanol–water partition coefficient (Wildman–Crippen LogP) is 5.02. The van der Waals surface area contributed by atoms with Crippen LogP contribution in [0.5, 0.6) is 0 Å². The minimum Gasteiger partial charge on any atom is -0.392 e. The van der Waals surface area contributed by atoms with Gasteiger partial charge in [0.1, 0.15) is 0 Å². The number of benzene rings is 2. The molecule has 1 aromatic heterocycles. The number of carbonyl (C=O) groups is 1. The highest BCUT2D eigenvalue weighted by Gasteiger charge is 2.30. The van der Waals surface area contributed by atoms with E-state index >= 15 is 0 Å². The van der Waals surface area contributed by atoms with Crippen molar-refractivity contribution in [2.75, 3.05) is 11.4 Å². The van der Waals surface area contributed by atoms with Crippen molar-refractivity contribution >= 4 is 11.6 Å². The molecule has 0 atom stereocenters. The van der Waals surface area contributed by atoms with Crippen LogP contribution in [-0.4, -0.2) is 22.5 Å². The Morgan fingerprint density at radius 2 is 1.71 bits per heavy atom. The first-order valence-corrected chi connectivity index (χ1v) is 9.58. The number of aromatic nitrogens is 1. The van der Waals surface area contributed by atoms with Gasteiger partial charge in [-0.05, 0) is 47.9 Å². The lowest BCUT2D eigenvalue weighted by molar-refractivity contribution is -0.137. The van der Waals surface area contributed by atoms with E-state index in [1.54, 1.807) is 12.1 Å². The highest BCUT2D eigenvalue weighted by atomic mass is 19.4. The van der Waals surface area contributed by atoms with Crippen LogP contribution in [-0.2, 0) is 24.0 Å². The number of pyridine rings is 1. The summed E-state index contributed by atoms with van der Waals surface area (Å²) in [4.78, 5) is 18.2. The van der Waals surface area contributed by atoms with Gasteiger partial charge in [-0.25, -0.2) is 0 Å². The zero-order valence-electron chi connectivity index (χ0n) is 16.6. The van der Waals surface area contributed by atoms with Crippen molar-refractivity contribution in [2.45, 2.75) is 19.2 Å². The Bertz CT molecular complexity index is 1050. The Morgan fingerprint density at radius 1 is 1.03 bits per heavy atom. The van der Waals surface area contributed by atoms with Crippen molar-refractivity contribution in [3.63, 3.8) is 0 Å². The number of aliphatic hydroxyl groups is 1. The Kier molecular flexibility index (Phi) is 6.87. The SMILES string of the molecule is C=CC(=O)N(CCc1ccccc1CO)c1ccc(-c2ccc(C(F)(F)F)cc2)nc1. The second-order valence-electron chi connectivity index (χ2n) is 6.85. The first-order valence-electron chi connectivity index (χ1n) is 9.58. The Morgan fingerprint density at radius 3 is 2.26 bits per heavy atom. The molecule has 1 N–H and O–H groups in total. The van der Waals surface area contributed by atoms with Crippen molar-refractivity contribution in [1.82, 2.24) is 4.98 Å². The van der Waals surface area contributed by atoms with Crippen LogP contribution in [0.25, 0.3) is 11.3 Å². The predicted molar refractivity (Wildman–Crippen MR) is 113 cm³/mol. The summed E-state index contributed by atoms with van der Waals surface area (Å²) in [5.74, 6) is -0.300. The van der Waals surface area contributed by atoms with Crippen molar-refractivity contribution < 1.29 is 23.1 Å². The maximum Gasteiger partial charge on any atom is 0.416 e. The van der Waals surface area contributed by atoms with Crippen molar-refractivity contribution in [3.8, 4) is 11.3 Å². The van der Waals surface area contributed by atoms with Crippen LogP contribution < -0.4 is 4.90 Å². The maximum absolute atomic E-state index is 12.7. The zero-order valence-corrected chi connectivity index (χ0v) is 16.6. The molecule has 160 valence electrons. The molecule has 0 unspecified atom stereocenters. The molecule has 0 saturated heterocycles. The van der Waals surface area contributed by atoms with Gasteiger partial charge in [0.25, 0.3) is 0 Å². The lowest BCUT2D eigenvalue weighted by Crippen LogP contribution is -2.31. The Hall–Kier alpha value is -3.45. The van der Waals surface area contributed by atoms with Gasteiger partial charge >= 0.3 is 6.18 Å². The van der Waals surface area contributed by atoms with E-state index in [1.165, 1.54) is 29.3 Å². The molecule has 1 heterocycles. The number of hydrogen-bond donors (Lipinski definition) is 1. The fraction of sp³-hybridized carbons (Fsp3) is 0.167. The fourth-order valence-corrected chi connectivity index (χ4v) is 3.21. The van der Waals surface area contributed by atoms with Gasteiger partial charge in [-0.2, -0.15) is 13.2 Å². The number of hydrogen-bond acceptors (Lipinski definition) is 3. The highest BCUT2D eigenvalue weighted by molar-refractivity contribution is 6.01. The summed E-state index contributed by atoms with van der Waals surface area (Å²) < 4.78 is 38.2. The molecule has 0 radical (unpaired) electrons. The van der Waals surface area contributed by atoms with Gasteiger partial charge in [-0.1, -0.05) is 43.0 Å². The van der Waals surface area contributed by atoms with Crippen LogP contribution >= 0.6 is 0 Å². The molecule has 3 rings (SSSR count). The van der Waals surface area contributed by atoms with Gasteiger partial charge in [0.05, 0.1) is 29.7 Å². The standard InChI is InChI=1S/C24H21F3N2O2/c1-2-23(31)29(14-13-17-5-3-4-6-19(17)16-30)21-11-12-22(28-15-21)18-7-9-20(10-8-18)24(25,26)27/h2-12,15,30H,1,13-14,16H2. The average Bonchev–Trinajstić information content (AvgIpc) is 2.79. The molecule has 0 aliphatic heterocycles. The number of carbonyl (C=O) groups excluding carboxylic acids is 1. The topological polar surface area (TPSA) is 53.4 Å². The lowest BCUT2D eigenvalue weighted by atomic mass is 10.0. The summed E-state index contributed by atoms with van der Waals surface area (Å²) in [7, 11) is 0. The van der Waals surface area contributed by atoms with Gasteiger partial charge in [0.2, 0.25) is 5.91 Å². The zero-order chi connectivity index (χ0) is 22.4. The molecule has 0 saturated carbocycles. The lowest BCUT2D eigenvalue weighted by Gasteiger charge is -2.22.